The summed E-state index contributed by atoms with van der Waals surface area (Å²) in [5.41, 5.74) is 0.729. The maximum Gasteiger partial charge on any atom is 0.309 e. The highest BCUT2D eigenvalue weighted by Crippen LogP contribution is 2.01. The molecule has 0 saturated heterocycles. The lowest BCUT2D eigenvalue weighted by Crippen LogP contribution is -2.40. The number of ether oxygens (including phenoxy) is 1. The van der Waals surface area contributed by atoms with Gasteiger partial charge in [-0.1, -0.05) is 25.5 Å². The Bertz CT molecular complexity index is 463. The number of halogens is 1. The van der Waals surface area contributed by atoms with Crippen LogP contribution in [0.5, 0.6) is 0 Å². The van der Waals surface area contributed by atoms with Gasteiger partial charge in [0.1, 0.15) is 5.82 Å². The van der Waals surface area contributed by atoms with Crippen molar-refractivity contribution in [2.45, 2.75) is 32.7 Å². The Labute approximate surface area is 130 Å². The number of hydrogen-bond donors (Lipinski definition) is 2. The lowest BCUT2D eigenvalue weighted by atomic mass is 10.2. The molecule has 0 radical (unpaired) electrons. The second kappa shape index (κ2) is 10.7. The van der Waals surface area contributed by atoms with E-state index in [9.17, 15) is 14.0 Å². The van der Waals surface area contributed by atoms with Crippen LogP contribution in [-0.4, -0.2) is 31.6 Å². The van der Waals surface area contributed by atoms with Gasteiger partial charge in [0.25, 0.3) is 0 Å². The van der Waals surface area contributed by atoms with Gasteiger partial charge in [-0.05, 0) is 30.5 Å². The summed E-state index contributed by atoms with van der Waals surface area (Å²) < 4.78 is 18.1. The van der Waals surface area contributed by atoms with Crippen LogP contribution < -0.4 is 10.6 Å². The van der Waals surface area contributed by atoms with Gasteiger partial charge in [-0.15, -0.1) is 0 Å². The summed E-state index contributed by atoms with van der Waals surface area (Å²) >= 11 is 0. The summed E-state index contributed by atoms with van der Waals surface area (Å²) in [6.07, 6.45) is 2.78. The number of unbranched alkanes of at least 4 members (excludes halogenated alkanes) is 1. The molecule has 2 N–H and O–H groups in total. The van der Waals surface area contributed by atoms with Crippen molar-refractivity contribution in [1.82, 2.24) is 10.6 Å². The van der Waals surface area contributed by atoms with Gasteiger partial charge < -0.3 is 15.4 Å². The summed E-state index contributed by atoms with van der Waals surface area (Å²) in [7, 11) is 0. The standard InChI is InChI=1S/C16H23FN2O3/c1-2-3-10-22-11-4-9-18-15(20)16(21)19-12-13-5-7-14(17)8-6-13/h5-8H,2-4,9-12H2,1H3,(H,18,20)(H,19,21). The van der Waals surface area contributed by atoms with Crippen molar-refractivity contribution in [3.05, 3.63) is 35.6 Å². The van der Waals surface area contributed by atoms with Gasteiger partial charge >= 0.3 is 11.8 Å². The molecule has 0 aliphatic carbocycles. The van der Waals surface area contributed by atoms with E-state index in [1.165, 1.54) is 12.1 Å². The van der Waals surface area contributed by atoms with Gasteiger partial charge in [0.15, 0.2) is 0 Å². The van der Waals surface area contributed by atoms with E-state index in [4.69, 9.17) is 4.74 Å². The Morgan fingerprint density at radius 1 is 1.05 bits per heavy atom. The summed E-state index contributed by atoms with van der Waals surface area (Å²) in [5, 5.41) is 5.01. The van der Waals surface area contributed by atoms with Crippen LogP contribution in [0.1, 0.15) is 31.7 Å². The fraction of sp³-hybridized carbons (Fsp3) is 0.500. The van der Waals surface area contributed by atoms with E-state index < -0.39 is 11.8 Å². The molecule has 0 saturated carbocycles. The van der Waals surface area contributed by atoms with E-state index in [0.717, 1.165) is 25.0 Å². The van der Waals surface area contributed by atoms with Crippen LogP contribution in [0.3, 0.4) is 0 Å². The highest BCUT2D eigenvalue weighted by Gasteiger charge is 2.11. The number of carbonyl (C=O) groups is 2. The van der Waals surface area contributed by atoms with E-state index in [1.54, 1.807) is 12.1 Å². The van der Waals surface area contributed by atoms with Crippen LogP contribution in [0.25, 0.3) is 0 Å². The van der Waals surface area contributed by atoms with Crippen molar-refractivity contribution < 1.29 is 18.7 Å². The Kier molecular flexibility index (Phi) is 8.83. The SMILES string of the molecule is CCCCOCCCNC(=O)C(=O)NCc1ccc(F)cc1. The van der Waals surface area contributed by atoms with Crippen molar-refractivity contribution in [3.63, 3.8) is 0 Å². The summed E-state index contributed by atoms with van der Waals surface area (Å²) in [4.78, 5) is 23.1. The van der Waals surface area contributed by atoms with Crippen LogP contribution in [0, 0.1) is 5.82 Å². The fourth-order valence-electron chi connectivity index (χ4n) is 1.67. The van der Waals surface area contributed by atoms with E-state index in [-0.39, 0.29) is 12.4 Å². The van der Waals surface area contributed by atoms with Crippen LogP contribution in [0.15, 0.2) is 24.3 Å². The first kappa shape index (κ1) is 18.1. The maximum absolute atomic E-state index is 12.7. The Morgan fingerprint density at radius 3 is 2.36 bits per heavy atom. The Balaban J connectivity index is 2.11. The number of rotatable bonds is 9. The molecule has 0 bridgehead atoms. The topological polar surface area (TPSA) is 67.4 Å². The molecule has 0 unspecified atom stereocenters. The summed E-state index contributed by atoms with van der Waals surface area (Å²) in [6.45, 7) is 3.97. The number of carbonyl (C=O) groups excluding carboxylic acids is 2. The van der Waals surface area contributed by atoms with Crippen molar-refractivity contribution >= 4 is 11.8 Å². The van der Waals surface area contributed by atoms with Gasteiger partial charge in [0, 0.05) is 26.3 Å². The molecule has 122 valence electrons. The first-order valence-corrected chi connectivity index (χ1v) is 7.51. The van der Waals surface area contributed by atoms with Crippen LogP contribution in [-0.2, 0) is 20.9 Å². The quantitative estimate of drug-likeness (QED) is 0.539. The van der Waals surface area contributed by atoms with E-state index in [0.29, 0.717) is 19.6 Å². The third-order valence-electron chi connectivity index (χ3n) is 2.97. The second-order valence-corrected chi connectivity index (χ2v) is 4.88. The number of amides is 2. The molecule has 2 amide bonds. The lowest BCUT2D eigenvalue weighted by molar-refractivity contribution is -0.139. The number of hydrogen-bond acceptors (Lipinski definition) is 3. The van der Waals surface area contributed by atoms with E-state index in [2.05, 4.69) is 17.6 Å². The average molecular weight is 310 g/mol. The first-order valence-electron chi connectivity index (χ1n) is 7.51. The average Bonchev–Trinajstić information content (AvgIpc) is 2.53. The summed E-state index contributed by atoms with van der Waals surface area (Å²) in [6, 6.07) is 5.72. The number of nitrogens with one attached hydrogen (secondary N) is 2. The van der Waals surface area contributed by atoms with Crippen molar-refractivity contribution in [2.75, 3.05) is 19.8 Å². The normalized spacial score (nSPS) is 10.3. The minimum atomic E-state index is -0.698. The highest BCUT2D eigenvalue weighted by atomic mass is 19.1. The zero-order valence-electron chi connectivity index (χ0n) is 12.9. The van der Waals surface area contributed by atoms with Crippen LogP contribution in [0.2, 0.25) is 0 Å². The molecule has 22 heavy (non-hydrogen) atoms. The maximum atomic E-state index is 12.7. The molecular formula is C16H23FN2O3. The smallest absolute Gasteiger partial charge is 0.309 e. The van der Waals surface area contributed by atoms with E-state index >= 15 is 0 Å². The molecule has 0 heterocycles. The van der Waals surface area contributed by atoms with Gasteiger partial charge in [-0.2, -0.15) is 0 Å². The van der Waals surface area contributed by atoms with Crippen LogP contribution >= 0.6 is 0 Å². The molecule has 1 aromatic carbocycles. The molecule has 0 atom stereocenters. The Morgan fingerprint density at radius 2 is 1.68 bits per heavy atom. The minimum Gasteiger partial charge on any atom is -0.381 e. The van der Waals surface area contributed by atoms with Crippen LogP contribution in [0.4, 0.5) is 4.39 Å². The minimum absolute atomic E-state index is 0.187. The predicted octanol–water partition coefficient (Wildman–Crippen LogP) is 1.76. The largest absolute Gasteiger partial charge is 0.381 e. The number of benzene rings is 1. The molecule has 0 fully saturated rings. The van der Waals surface area contributed by atoms with Crippen molar-refractivity contribution in [1.29, 1.82) is 0 Å². The summed E-state index contributed by atoms with van der Waals surface area (Å²) in [5.74, 6) is -1.71. The predicted molar refractivity (Wildman–Crippen MR) is 81.6 cm³/mol. The molecule has 0 spiro atoms. The molecule has 0 aliphatic heterocycles. The Hall–Kier alpha value is -1.95. The molecule has 0 aliphatic rings. The third kappa shape index (κ3) is 7.73. The molecule has 0 aromatic heterocycles. The van der Waals surface area contributed by atoms with Gasteiger partial charge in [0.2, 0.25) is 0 Å². The van der Waals surface area contributed by atoms with E-state index in [1.807, 2.05) is 0 Å². The zero-order valence-corrected chi connectivity index (χ0v) is 12.9. The molecular weight excluding hydrogens is 287 g/mol. The molecule has 5 nitrogen and oxygen atoms in total. The third-order valence-corrected chi connectivity index (χ3v) is 2.97. The van der Waals surface area contributed by atoms with Gasteiger partial charge in [-0.25, -0.2) is 4.39 Å². The second-order valence-electron chi connectivity index (χ2n) is 4.88. The van der Waals surface area contributed by atoms with Gasteiger partial charge in [0.05, 0.1) is 0 Å². The molecule has 1 aromatic rings. The molecule has 6 heteroatoms. The lowest BCUT2D eigenvalue weighted by Gasteiger charge is -2.07. The monoisotopic (exact) mass is 310 g/mol. The first-order chi connectivity index (χ1) is 10.6. The van der Waals surface area contributed by atoms with Crippen molar-refractivity contribution in [2.24, 2.45) is 0 Å². The van der Waals surface area contributed by atoms with Crippen molar-refractivity contribution in [3.8, 4) is 0 Å². The molecule has 1 rings (SSSR count). The fourth-order valence-corrected chi connectivity index (χ4v) is 1.67. The highest BCUT2D eigenvalue weighted by molar-refractivity contribution is 6.35. The zero-order chi connectivity index (χ0) is 16.2. The van der Waals surface area contributed by atoms with Gasteiger partial charge in [-0.3, -0.25) is 9.59 Å².